The topological polar surface area (TPSA) is 26.3 Å². The van der Waals surface area contributed by atoms with E-state index in [0.29, 0.717) is 6.61 Å². The van der Waals surface area contributed by atoms with Crippen molar-refractivity contribution in [3.8, 4) is 0 Å². The molecule has 0 aromatic carbocycles. The average Bonchev–Trinajstić information content (AvgIpc) is 1.84. The van der Waals surface area contributed by atoms with Gasteiger partial charge in [0.1, 0.15) is 0 Å². The maximum atomic E-state index is 10.8. The van der Waals surface area contributed by atoms with Crippen LogP contribution in [0.3, 0.4) is 0 Å². The van der Waals surface area contributed by atoms with Crippen LogP contribution in [0.1, 0.15) is 20.3 Å². The van der Waals surface area contributed by atoms with Crippen molar-refractivity contribution in [2.24, 2.45) is 5.41 Å². The Morgan fingerprint density at radius 1 is 1.60 bits per heavy atom. The number of carbonyl (C=O) groups is 1. The van der Waals surface area contributed by atoms with Crippen LogP contribution in [0.25, 0.3) is 0 Å². The first kappa shape index (κ1) is 9.98. The molecule has 0 N–H and O–H groups in total. The summed E-state index contributed by atoms with van der Waals surface area (Å²) < 4.78 is 4.84. The highest BCUT2D eigenvalue weighted by Gasteiger charge is 2.23. The van der Waals surface area contributed by atoms with E-state index in [0.717, 1.165) is 6.42 Å². The van der Waals surface area contributed by atoms with E-state index < -0.39 is 0 Å². The Morgan fingerprint density at radius 3 is 2.40 bits per heavy atom. The highest BCUT2D eigenvalue weighted by atomic mass is 32.1. The summed E-state index contributed by atoms with van der Waals surface area (Å²) in [7, 11) is 1.62. The summed E-state index contributed by atoms with van der Waals surface area (Å²) in [5, 5.41) is -0.0791. The number of hydrogen-bond acceptors (Lipinski definition) is 2. The van der Waals surface area contributed by atoms with Crippen molar-refractivity contribution in [2.75, 3.05) is 13.7 Å². The van der Waals surface area contributed by atoms with Gasteiger partial charge in [-0.05, 0) is 6.42 Å². The van der Waals surface area contributed by atoms with Gasteiger partial charge in [0.2, 0.25) is 0 Å². The third-order valence-electron chi connectivity index (χ3n) is 1.51. The number of carbonyl (C=O) groups excluding carboxylic acids is 1. The molecule has 3 heteroatoms. The van der Waals surface area contributed by atoms with Crippen molar-refractivity contribution in [3.05, 3.63) is 0 Å². The fourth-order valence-electron chi connectivity index (χ4n) is 0.464. The van der Waals surface area contributed by atoms with Crippen molar-refractivity contribution < 1.29 is 9.53 Å². The van der Waals surface area contributed by atoms with Crippen LogP contribution >= 0.6 is 12.6 Å². The van der Waals surface area contributed by atoms with Gasteiger partial charge in [-0.15, -0.1) is 12.6 Å². The lowest BCUT2D eigenvalue weighted by atomic mass is 9.92. The summed E-state index contributed by atoms with van der Waals surface area (Å²) in [6.45, 7) is 4.34. The maximum Gasteiger partial charge on any atom is 0.191 e. The normalized spacial score (nSPS) is 11.6. The van der Waals surface area contributed by atoms with Crippen molar-refractivity contribution in [1.82, 2.24) is 0 Å². The lowest BCUT2D eigenvalue weighted by molar-refractivity contribution is -0.118. The molecule has 0 aromatic rings. The molecule has 0 atom stereocenters. The van der Waals surface area contributed by atoms with Crippen LogP contribution < -0.4 is 0 Å². The van der Waals surface area contributed by atoms with E-state index in [1.807, 2.05) is 13.8 Å². The van der Waals surface area contributed by atoms with Crippen molar-refractivity contribution in [3.63, 3.8) is 0 Å². The molecular weight excluding hydrogens is 148 g/mol. The van der Waals surface area contributed by atoms with Crippen LogP contribution in [0, 0.1) is 5.41 Å². The van der Waals surface area contributed by atoms with Crippen LogP contribution in [0.2, 0.25) is 0 Å². The summed E-state index contributed by atoms with van der Waals surface area (Å²) in [5.41, 5.74) is -0.348. The van der Waals surface area contributed by atoms with Crippen molar-refractivity contribution in [2.45, 2.75) is 20.3 Å². The molecule has 0 aliphatic heterocycles. The van der Waals surface area contributed by atoms with Crippen molar-refractivity contribution >= 4 is 17.7 Å². The first-order chi connectivity index (χ1) is 4.50. The molecule has 0 rings (SSSR count). The lowest BCUT2D eigenvalue weighted by Crippen LogP contribution is -2.21. The Kier molecular flexibility index (Phi) is 3.98. The average molecular weight is 162 g/mol. The monoisotopic (exact) mass is 162 g/mol. The molecule has 0 aromatic heterocycles. The van der Waals surface area contributed by atoms with Gasteiger partial charge < -0.3 is 4.74 Å². The summed E-state index contributed by atoms with van der Waals surface area (Å²) >= 11 is 3.76. The van der Waals surface area contributed by atoms with E-state index in [-0.39, 0.29) is 10.5 Å². The summed E-state index contributed by atoms with van der Waals surface area (Å²) in [6.07, 6.45) is 0.728. The van der Waals surface area contributed by atoms with Crippen LogP contribution in [0.5, 0.6) is 0 Å². The number of ether oxygens (including phenoxy) is 1. The van der Waals surface area contributed by atoms with E-state index >= 15 is 0 Å². The fraction of sp³-hybridized carbons (Fsp3) is 0.857. The van der Waals surface area contributed by atoms with E-state index in [1.54, 1.807) is 7.11 Å². The molecule has 0 saturated carbocycles. The van der Waals surface area contributed by atoms with E-state index in [4.69, 9.17) is 4.74 Å². The molecule has 0 aliphatic rings. The summed E-state index contributed by atoms with van der Waals surface area (Å²) in [6, 6.07) is 0. The van der Waals surface area contributed by atoms with Gasteiger partial charge in [-0.3, -0.25) is 4.79 Å². The van der Waals surface area contributed by atoms with Gasteiger partial charge in [-0.1, -0.05) is 13.8 Å². The van der Waals surface area contributed by atoms with Crippen LogP contribution in [-0.4, -0.2) is 18.8 Å². The summed E-state index contributed by atoms with van der Waals surface area (Å²) in [4.78, 5) is 10.8. The van der Waals surface area contributed by atoms with E-state index in [9.17, 15) is 4.79 Å². The quantitative estimate of drug-likeness (QED) is 0.634. The fourth-order valence-corrected chi connectivity index (χ4v) is 0.576. The van der Waals surface area contributed by atoms with E-state index in [1.165, 1.54) is 0 Å². The van der Waals surface area contributed by atoms with Gasteiger partial charge in [0.25, 0.3) is 0 Å². The Hall–Kier alpha value is -0.0200. The Bertz CT molecular complexity index is 121. The zero-order valence-corrected chi connectivity index (χ0v) is 7.57. The number of methoxy groups -OCH3 is 1. The van der Waals surface area contributed by atoms with Gasteiger partial charge in [0.15, 0.2) is 5.12 Å². The molecule has 0 aliphatic carbocycles. The number of rotatable bonds is 4. The third kappa shape index (κ3) is 3.22. The van der Waals surface area contributed by atoms with Crippen molar-refractivity contribution in [1.29, 1.82) is 0 Å². The molecule has 0 radical (unpaired) electrons. The first-order valence-electron chi connectivity index (χ1n) is 3.23. The smallest absolute Gasteiger partial charge is 0.191 e. The molecule has 2 nitrogen and oxygen atoms in total. The molecule has 0 amide bonds. The highest BCUT2D eigenvalue weighted by Crippen LogP contribution is 2.22. The second kappa shape index (κ2) is 3.98. The molecule has 0 unspecified atom stereocenters. The predicted octanol–water partition coefficient (Wildman–Crippen LogP) is 1.51. The molecular formula is C7H14O2S. The van der Waals surface area contributed by atoms with Gasteiger partial charge in [0.05, 0.1) is 0 Å². The first-order valence-corrected chi connectivity index (χ1v) is 3.68. The predicted molar refractivity (Wildman–Crippen MR) is 44.3 cm³/mol. The van der Waals surface area contributed by atoms with Crippen LogP contribution in [0.4, 0.5) is 0 Å². The Balaban J connectivity index is 3.75. The minimum atomic E-state index is -0.348. The maximum absolute atomic E-state index is 10.8. The largest absolute Gasteiger partial charge is 0.385 e. The molecule has 60 valence electrons. The molecule has 0 bridgehead atoms. The third-order valence-corrected chi connectivity index (χ3v) is 2.12. The highest BCUT2D eigenvalue weighted by molar-refractivity contribution is 7.96. The zero-order chi connectivity index (χ0) is 8.20. The SMILES string of the molecule is COCCC(C)(C)C(=O)S. The van der Waals surface area contributed by atoms with Gasteiger partial charge in [-0.2, -0.15) is 0 Å². The van der Waals surface area contributed by atoms with Crippen LogP contribution in [0.15, 0.2) is 0 Å². The Morgan fingerprint density at radius 2 is 2.10 bits per heavy atom. The number of hydrogen-bond donors (Lipinski definition) is 1. The molecule has 10 heavy (non-hydrogen) atoms. The van der Waals surface area contributed by atoms with Gasteiger partial charge in [0, 0.05) is 19.1 Å². The minimum absolute atomic E-state index is 0.0791. The zero-order valence-electron chi connectivity index (χ0n) is 6.68. The number of thiol groups is 1. The lowest BCUT2D eigenvalue weighted by Gasteiger charge is -2.18. The van der Waals surface area contributed by atoms with Gasteiger partial charge in [-0.25, -0.2) is 0 Å². The molecule has 0 saturated heterocycles. The second-order valence-corrected chi connectivity index (χ2v) is 3.34. The molecule has 0 fully saturated rings. The van der Waals surface area contributed by atoms with E-state index in [2.05, 4.69) is 12.6 Å². The molecule has 0 spiro atoms. The summed E-state index contributed by atoms with van der Waals surface area (Å²) in [5.74, 6) is 0. The minimum Gasteiger partial charge on any atom is -0.385 e. The van der Waals surface area contributed by atoms with Gasteiger partial charge >= 0.3 is 0 Å². The standard InChI is InChI=1S/C7H14O2S/c1-7(2,6(8)10)4-5-9-3/h4-5H2,1-3H3,(H,8,10). The second-order valence-electron chi connectivity index (χ2n) is 2.93. The molecule has 0 heterocycles. The Labute approximate surface area is 67.4 Å². The van der Waals surface area contributed by atoms with Crippen LogP contribution in [-0.2, 0) is 9.53 Å².